The van der Waals surface area contributed by atoms with Crippen molar-refractivity contribution < 1.29 is 0 Å². The fourth-order valence-corrected chi connectivity index (χ4v) is 3.14. The Kier molecular flexibility index (Phi) is 4.06. The average molecular weight is 327 g/mol. The van der Waals surface area contributed by atoms with Gasteiger partial charge in [0.15, 0.2) is 0 Å². The van der Waals surface area contributed by atoms with Crippen LogP contribution < -0.4 is 0 Å². The summed E-state index contributed by atoms with van der Waals surface area (Å²) in [6, 6.07) is 18.9. The second kappa shape index (κ2) is 6.52. The molecule has 2 aromatic carbocycles. The average Bonchev–Trinajstić information content (AvgIpc) is 3.17. The van der Waals surface area contributed by atoms with Crippen molar-refractivity contribution in [3.8, 4) is 16.8 Å². The first-order valence-corrected chi connectivity index (χ1v) is 8.75. The number of pyridine rings is 1. The molecular formula is C22H21N3. The molecule has 3 heteroatoms. The van der Waals surface area contributed by atoms with Crippen LogP contribution in [0, 0.1) is 0 Å². The Morgan fingerprint density at radius 3 is 2.60 bits per heavy atom. The Bertz CT molecular complexity index is 994. The quantitative estimate of drug-likeness (QED) is 0.488. The molecule has 0 saturated heterocycles. The lowest BCUT2D eigenvalue weighted by Crippen LogP contribution is -1.96. The summed E-state index contributed by atoms with van der Waals surface area (Å²) in [5.41, 5.74) is 5.72. The molecule has 0 aliphatic rings. The van der Waals surface area contributed by atoms with E-state index in [9.17, 15) is 0 Å². The summed E-state index contributed by atoms with van der Waals surface area (Å²) in [7, 11) is 0. The van der Waals surface area contributed by atoms with Crippen LogP contribution >= 0.6 is 0 Å². The van der Waals surface area contributed by atoms with E-state index >= 15 is 0 Å². The van der Waals surface area contributed by atoms with E-state index in [0.29, 0.717) is 5.92 Å². The number of benzene rings is 2. The summed E-state index contributed by atoms with van der Waals surface area (Å²) < 4.78 is 1.94. The molecule has 0 bridgehead atoms. The van der Waals surface area contributed by atoms with Crippen LogP contribution in [-0.4, -0.2) is 14.8 Å². The van der Waals surface area contributed by atoms with Crippen molar-refractivity contribution >= 4 is 10.9 Å². The van der Waals surface area contributed by atoms with Gasteiger partial charge in [0, 0.05) is 23.3 Å². The fourth-order valence-electron chi connectivity index (χ4n) is 3.14. The molecule has 3 nitrogen and oxygen atoms in total. The van der Waals surface area contributed by atoms with E-state index in [1.165, 1.54) is 5.56 Å². The van der Waals surface area contributed by atoms with Crippen LogP contribution in [0.1, 0.15) is 31.7 Å². The first-order chi connectivity index (χ1) is 12.3. The molecule has 2 aromatic heterocycles. The van der Waals surface area contributed by atoms with Gasteiger partial charge in [-0.3, -0.25) is 4.98 Å². The van der Waals surface area contributed by atoms with Crippen LogP contribution in [-0.2, 0) is 0 Å². The van der Waals surface area contributed by atoms with Gasteiger partial charge in [-0.2, -0.15) is 5.10 Å². The van der Waals surface area contributed by atoms with E-state index in [1.807, 2.05) is 35.3 Å². The van der Waals surface area contributed by atoms with Crippen LogP contribution in [0.25, 0.3) is 27.7 Å². The standard InChI is InChI=1S/C22H21N3/c1-3-16(2)17-8-10-19(11-9-17)25-15-18(14-24-25)20-12-13-23-22-7-5-4-6-21(20)22/h4-16H,3H2,1-2H3. The molecule has 0 saturated carbocycles. The minimum Gasteiger partial charge on any atom is -0.256 e. The lowest BCUT2D eigenvalue weighted by Gasteiger charge is -2.09. The van der Waals surface area contributed by atoms with Gasteiger partial charge in [0.2, 0.25) is 0 Å². The largest absolute Gasteiger partial charge is 0.256 e. The highest BCUT2D eigenvalue weighted by Crippen LogP contribution is 2.28. The monoisotopic (exact) mass is 327 g/mol. The number of nitrogens with zero attached hydrogens (tertiary/aromatic N) is 3. The first-order valence-electron chi connectivity index (χ1n) is 8.75. The topological polar surface area (TPSA) is 30.7 Å². The van der Waals surface area contributed by atoms with Crippen molar-refractivity contribution in [2.45, 2.75) is 26.2 Å². The van der Waals surface area contributed by atoms with Gasteiger partial charge < -0.3 is 0 Å². The second-order valence-electron chi connectivity index (χ2n) is 6.45. The molecule has 0 radical (unpaired) electrons. The number of rotatable bonds is 4. The molecule has 0 aliphatic carbocycles. The summed E-state index contributed by atoms with van der Waals surface area (Å²) in [5.74, 6) is 0.588. The summed E-state index contributed by atoms with van der Waals surface area (Å²) in [6.45, 7) is 4.48. The Balaban J connectivity index is 1.70. The first kappa shape index (κ1) is 15.6. The highest BCUT2D eigenvalue weighted by atomic mass is 15.3. The van der Waals surface area contributed by atoms with Crippen LogP contribution in [0.4, 0.5) is 0 Å². The maximum absolute atomic E-state index is 4.56. The molecule has 25 heavy (non-hydrogen) atoms. The van der Waals surface area contributed by atoms with Gasteiger partial charge in [-0.25, -0.2) is 4.68 Å². The van der Waals surface area contributed by atoms with Crippen molar-refractivity contribution in [1.29, 1.82) is 0 Å². The van der Waals surface area contributed by atoms with E-state index < -0.39 is 0 Å². The molecule has 124 valence electrons. The Labute approximate surface area is 148 Å². The molecule has 0 fully saturated rings. The Morgan fingerprint density at radius 2 is 1.80 bits per heavy atom. The zero-order valence-electron chi connectivity index (χ0n) is 14.6. The molecule has 4 rings (SSSR count). The normalized spacial score (nSPS) is 12.4. The molecule has 1 atom stereocenters. The van der Waals surface area contributed by atoms with Gasteiger partial charge in [0.25, 0.3) is 0 Å². The second-order valence-corrected chi connectivity index (χ2v) is 6.45. The van der Waals surface area contributed by atoms with Crippen molar-refractivity contribution in [3.63, 3.8) is 0 Å². The minimum atomic E-state index is 0.588. The smallest absolute Gasteiger partial charge is 0.0708 e. The summed E-state index contributed by atoms with van der Waals surface area (Å²) >= 11 is 0. The molecule has 0 spiro atoms. The van der Waals surface area contributed by atoms with Gasteiger partial charge in [0.05, 0.1) is 17.4 Å². The maximum atomic E-state index is 4.56. The van der Waals surface area contributed by atoms with Crippen LogP contribution in [0.5, 0.6) is 0 Å². The summed E-state index contributed by atoms with van der Waals surface area (Å²) in [6.07, 6.45) is 7.01. The predicted octanol–water partition coefficient (Wildman–Crippen LogP) is 5.60. The van der Waals surface area contributed by atoms with Gasteiger partial charge in [-0.15, -0.1) is 0 Å². The number of hydrogen-bond donors (Lipinski definition) is 0. The van der Waals surface area contributed by atoms with E-state index in [2.05, 4.69) is 66.5 Å². The molecule has 0 amide bonds. The predicted molar refractivity (Wildman–Crippen MR) is 103 cm³/mol. The molecular weight excluding hydrogens is 306 g/mol. The zero-order valence-corrected chi connectivity index (χ0v) is 14.6. The third kappa shape index (κ3) is 2.93. The zero-order chi connectivity index (χ0) is 17.2. The number of hydrogen-bond acceptors (Lipinski definition) is 2. The minimum absolute atomic E-state index is 0.588. The lowest BCUT2D eigenvalue weighted by molar-refractivity contribution is 0.732. The van der Waals surface area contributed by atoms with Crippen molar-refractivity contribution in [2.24, 2.45) is 0 Å². The lowest BCUT2D eigenvalue weighted by atomic mass is 9.99. The number of para-hydroxylation sites is 1. The molecule has 0 aliphatic heterocycles. The molecule has 4 aromatic rings. The molecule has 1 unspecified atom stereocenters. The number of fused-ring (bicyclic) bond motifs is 1. The van der Waals surface area contributed by atoms with Crippen LogP contribution in [0.3, 0.4) is 0 Å². The van der Waals surface area contributed by atoms with Gasteiger partial charge in [0.1, 0.15) is 0 Å². The van der Waals surface area contributed by atoms with Crippen LogP contribution in [0.15, 0.2) is 73.2 Å². The van der Waals surface area contributed by atoms with E-state index in [-0.39, 0.29) is 0 Å². The maximum Gasteiger partial charge on any atom is 0.0708 e. The summed E-state index contributed by atoms with van der Waals surface area (Å²) in [4.78, 5) is 4.44. The van der Waals surface area contributed by atoms with Gasteiger partial charge in [-0.05, 0) is 47.7 Å². The Hall–Kier alpha value is -2.94. The highest BCUT2D eigenvalue weighted by molar-refractivity contribution is 5.93. The van der Waals surface area contributed by atoms with E-state index in [1.54, 1.807) is 0 Å². The SMILES string of the molecule is CCC(C)c1ccc(-n2cc(-c3ccnc4ccccc34)cn2)cc1. The van der Waals surface area contributed by atoms with Gasteiger partial charge >= 0.3 is 0 Å². The summed E-state index contributed by atoms with van der Waals surface area (Å²) in [5, 5.41) is 5.71. The van der Waals surface area contributed by atoms with Gasteiger partial charge in [-0.1, -0.05) is 44.2 Å². The van der Waals surface area contributed by atoms with Crippen molar-refractivity contribution in [2.75, 3.05) is 0 Å². The fraction of sp³-hybridized carbons (Fsp3) is 0.182. The third-order valence-electron chi connectivity index (χ3n) is 4.88. The molecule has 2 heterocycles. The third-order valence-corrected chi connectivity index (χ3v) is 4.88. The molecule has 0 N–H and O–H groups in total. The highest BCUT2D eigenvalue weighted by Gasteiger charge is 2.08. The van der Waals surface area contributed by atoms with E-state index in [0.717, 1.165) is 34.1 Å². The van der Waals surface area contributed by atoms with E-state index in [4.69, 9.17) is 0 Å². The number of aromatic nitrogens is 3. The van der Waals surface area contributed by atoms with Crippen molar-refractivity contribution in [1.82, 2.24) is 14.8 Å². The van der Waals surface area contributed by atoms with Crippen molar-refractivity contribution in [3.05, 3.63) is 78.8 Å². The van der Waals surface area contributed by atoms with Crippen LogP contribution in [0.2, 0.25) is 0 Å². The Morgan fingerprint density at radius 1 is 1.00 bits per heavy atom.